The number of hydrogen-bond donors (Lipinski definition) is 2. The van der Waals surface area contributed by atoms with Crippen LogP contribution in [0, 0.1) is 0 Å². The van der Waals surface area contributed by atoms with Crippen LogP contribution in [0.15, 0.2) is 0 Å². The summed E-state index contributed by atoms with van der Waals surface area (Å²) in [6.07, 6.45) is -0.825. The normalized spacial score (nSPS) is 29.5. The van der Waals surface area contributed by atoms with Gasteiger partial charge in [0.2, 0.25) is 0 Å². The lowest BCUT2D eigenvalue weighted by atomic mass is 10.3. The molecule has 2 aliphatic rings. The third-order valence-corrected chi connectivity index (χ3v) is 3.05. The fraction of sp³-hybridized carbons (Fsp3) is 0.800. The average molecular weight is 244 g/mol. The molecule has 2 atom stereocenters. The quantitative estimate of drug-likeness (QED) is 0.615. The first-order valence-electron chi connectivity index (χ1n) is 5.64. The summed E-state index contributed by atoms with van der Waals surface area (Å²) in [7, 11) is 0. The Hall–Kier alpha value is -1.34. The van der Waals surface area contributed by atoms with E-state index in [1.54, 1.807) is 4.90 Å². The van der Waals surface area contributed by atoms with Gasteiger partial charge >= 0.3 is 12.0 Å². The summed E-state index contributed by atoms with van der Waals surface area (Å²) in [6.45, 7) is 1.55. The van der Waals surface area contributed by atoms with Crippen molar-refractivity contribution in [3.8, 4) is 0 Å². The molecule has 2 unspecified atom stereocenters. The number of hydrogen-bond acceptors (Lipinski definition) is 4. The highest BCUT2D eigenvalue weighted by molar-refractivity contribution is 5.77. The highest BCUT2D eigenvalue weighted by Gasteiger charge is 2.33. The Morgan fingerprint density at radius 1 is 1.18 bits per heavy atom. The molecular weight excluding hydrogens is 228 g/mol. The van der Waals surface area contributed by atoms with Gasteiger partial charge in [-0.25, -0.2) is 9.59 Å². The molecule has 7 heteroatoms. The average Bonchev–Trinajstić information content (AvgIpc) is 2.75. The molecule has 0 spiro atoms. The number of carbonyl (C=O) groups is 2. The van der Waals surface area contributed by atoms with E-state index in [0.29, 0.717) is 26.1 Å². The van der Waals surface area contributed by atoms with Crippen LogP contribution in [0.2, 0.25) is 0 Å². The number of carbonyl (C=O) groups excluding carboxylic acids is 1. The topological polar surface area (TPSA) is 90.3 Å². The highest BCUT2D eigenvalue weighted by atomic mass is 16.5. The maximum absolute atomic E-state index is 12.0. The Labute approximate surface area is 98.6 Å². The number of likely N-dealkylation sites (tertiary alicyclic amines) is 1. The molecule has 0 bridgehead atoms. The fourth-order valence-corrected chi connectivity index (χ4v) is 2.09. The lowest BCUT2D eigenvalue weighted by Crippen LogP contribution is -2.52. The third kappa shape index (κ3) is 2.67. The number of nitrogens with zero attached hydrogens (tertiary/aromatic N) is 2. The van der Waals surface area contributed by atoms with Crippen LogP contribution in [0.4, 0.5) is 4.79 Å². The highest BCUT2D eigenvalue weighted by Crippen LogP contribution is 2.14. The summed E-state index contributed by atoms with van der Waals surface area (Å²) >= 11 is 0. The molecule has 0 saturated carbocycles. The minimum atomic E-state index is -1.05. The number of rotatable bonds is 1. The van der Waals surface area contributed by atoms with Crippen LogP contribution >= 0.6 is 0 Å². The number of morpholine rings is 1. The van der Waals surface area contributed by atoms with E-state index >= 15 is 0 Å². The van der Waals surface area contributed by atoms with E-state index in [1.807, 2.05) is 0 Å². The summed E-state index contributed by atoms with van der Waals surface area (Å²) in [5.74, 6) is -1.05. The zero-order valence-corrected chi connectivity index (χ0v) is 9.41. The van der Waals surface area contributed by atoms with E-state index in [1.165, 1.54) is 4.90 Å². The van der Waals surface area contributed by atoms with E-state index < -0.39 is 18.2 Å². The van der Waals surface area contributed by atoms with Crippen molar-refractivity contribution in [3.05, 3.63) is 0 Å². The summed E-state index contributed by atoms with van der Waals surface area (Å²) in [5, 5.41) is 18.2. The van der Waals surface area contributed by atoms with Crippen molar-refractivity contribution in [2.45, 2.75) is 18.6 Å². The molecule has 96 valence electrons. The minimum absolute atomic E-state index is 0.0702. The molecule has 7 nitrogen and oxygen atoms in total. The van der Waals surface area contributed by atoms with E-state index in [-0.39, 0.29) is 19.2 Å². The van der Waals surface area contributed by atoms with Crippen LogP contribution in [-0.2, 0) is 9.53 Å². The molecule has 2 rings (SSSR count). The molecule has 2 N–H and O–H groups in total. The monoisotopic (exact) mass is 244 g/mol. The van der Waals surface area contributed by atoms with Gasteiger partial charge in [-0.1, -0.05) is 0 Å². The number of urea groups is 1. The Bertz CT molecular complexity index is 322. The van der Waals surface area contributed by atoms with Crippen LogP contribution in [0.5, 0.6) is 0 Å². The molecule has 0 radical (unpaired) electrons. The number of aliphatic carboxylic acids is 1. The largest absolute Gasteiger partial charge is 0.479 e. The number of aliphatic hydroxyl groups excluding tert-OH is 1. The molecule has 2 fully saturated rings. The van der Waals surface area contributed by atoms with Crippen molar-refractivity contribution in [2.24, 2.45) is 0 Å². The Balaban J connectivity index is 1.93. The lowest BCUT2D eigenvalue weighted by Gasteiger charge is -2.33. The maximum Gasteiger partial charge on any atom is 0.334 e. The molecule has 0 aliphatic carbocycles. The predicted molar refractivity (Wildman–Crippen MR) is 56.5 cm³/mol. The summed E-state index contributed by atoms with van der Waals surface area (Å²) in [6, 6.07) is -0.212. The van der Waals surface area contributed by atoms with Gasteiger partial charge in [-0.3, -0.25) is 0 Å². The minimum Gasteiger partial charge on any atom is -0.479 e. The standard InChI is InChI=1S/C10H16N2O5/c13-7-1-2-11(5-7)10(16)12-3-4-17-8(6-12)9(14)15/h7-8,13H,1-6H2,(H,14,15). The first kappa shape index (κ1) is 12.1. The van der Waals surface area contributed by atoms with Crippen molar-refractivity contribution in [1.82, 2.24) is 9.80 Å². The van der Waals surface area contributed by atoms with Gasteiger partial charge in [-0.05, 0) is 6.42 Å². The second-order valence-corrected chi connectivity index (χ2v) is 4.31. The summed E-state index contributed by atoms with van der Waals surface area (Å²) < 4.78 is 5.04. The van der Waals surface area contributed by atoms with Crippen molar-refractivity contribution in [3.63, 3.8) is 0 Å². The summed E-state index contributed by atoms with van der Waals surface area (Å²) in [4.78, 5) is 25.8. The third-order valence-electron chi connectivity index (χ3n) is 3.05. The van der Waals surface area contributed by atoms with E-state index in [4.69, 9.17) is 9.84 Å². The van der Waals surface area contributed by atoms with Gasteiger partial charge in [-0.2, -0.15) is 0 Å². The first-order valence-corrected chi connectivity index (χ1v) is 5.64. The molecule has 0 aromatic heterocycles. The molecule has 0 aromatic rings. The van der Waals surface area contributed by atoms with Crippen molar-refractivity contribution >= 4 is 12.0 Å². The number of carboxylic acids is 1. The molecule has 17 heavy (non-hydrogen) atoms. The Morgan fingerprint density at radius 2 is 1.88 bits per heavy atom. The summed E-state index contributed by atoms with van der Waals surface area (Å²) in [5.41, 5.74) is 0. The number of ether oxygens (including phenoxy) is 1. The Morgan fingerprint density at radius 3 is 2.47 bits per heavy atom. The molecule has 2 amide bonds. The van der Waals surface area contributed by atoms with Gasteiger partial charge in [0, 0.05) is 19.6 Å². The zero-order valence-electron chi connectivity index (χ0n) is 9.41. The molecule has 2 heterocycles. The smallest absolute Gasteiger partial charge is 0.334 e. The lowest BCUT2D eigenvalue weighted by molar-refractivity contribution is -0.154. The SMILES string of the molecule is O=C(O)C1CN(C(=O)N2CCC(O)C2)CCO1. The molecule has 2 saturated heterocycles. The van der Waals surface area contributed by atoms with Crippen LogP contribution in [0.1, 0.15) is 6.42 Å². The van der Waals surface area contributed by atoms with Crippen LogP contribution in [0.25, 0.3) is 0 Å². The maximum atomic E-state index is 12.0. The number of amides is 2. The Kier molecular flexibility index (Phi) is 3.49. The predicted octanol–water partition coefficient (Wildman–Crippen LogP) is -1.04. The van der Waals surface area contributed by atoms with Gasteiger partial charge in [0.25, 0.3) is 0 Å². The van der Waals surface area contributed by atoms with Gasteiger partial charge in [0.15, 0.2) is 6.10 Å². The van der Waals surface area contributed by atoms with Gasteiger partial charge in [0.1, 0.15) is 0 Å². The van der Waals surface area contributed by atoms with Gasteiger partial charge in [0.05, 0.1) is 19.3 Å². The van der Waals surface area contributed by atoms with E-state index in [0.717, 1.165) is 0 Å². The number of carboxylic acid groups (broad SMARTS) is 1. The first-order chi connectivity index (χ1) is 8.08. The number of aliphatic hydroxyl groups is 1. The molecule has 2 aliphatic heterocycles. The van der Waals surface area contributed by atoms with Crippen LogP contribution in [0.3, 0.4) is 0 Å². The second kappa shape index (κ2) is 4.89. The van der Waals surface area contributed by atoms with E-state index in [9.17, 15) is 14.7 Å². The van der Waals surface area contributed by atoms with Gasteiger partial charge < -0.3 is 24.7 Å². The second-order valence-electron chi connectivity index (χ2n) is 4.31. The van der Waals surface area contributed by atoms with Crippen molar-refractivity contribution < 1.29 is 24.5 Å². The van der Waals surface area contributed by atoms with E-state index in [2.05, 4.69) is 0 Å². The molecular formula is C10H16N2O5. The van der Waals surface area contributed by atoms with Crippen molar-refractivity contribution in [2.75, 3.05) is 32.8 Å². The van der Waals surface area contributed by atoms with Crippen LogP contribution in [-0.4, -0.2) is 77.0 Å². The molecule has 0 aromatic carbocycles. The zero-order chi connectivity index (χ0) is 12.4. The number of β-amino-alcohol motifs (C(OH)–C–C–N with tert-alkyl or cyclic N) is 1. The van der Waals surface area contributed by atoms with Gasteiger partial charge in [-0.15, -0.1) is 0 Å². The van der Waals surface area contributed by atoms with Crippen molar-refractivity contribution in [1.29, 1.82) is 0 Å². The van der Waals surface area contributed by atoms with Crippen LogP contribution < -0.4 is 0 Å². The fourth-order valence-electron chi connectivity index (χ4n) is 2.09.